The Morgan fingerprint density at radius 2 is 1.79 bits per heavy atom. The van der Waals surface area contributed by atoms with Crippen molar-refractivity contribution in [3.8, 4) is 0 Å². The van der Waals surface area contributed by atoms with Gasteiger partial charge in [-0.05, 0) is 49.9 Å². The van der Waals surface area contributed by atoms with Crippen LogP contribution in [-0.4, -0.2) is 18.5 Å². The van der Waals surface area contributed by atoms with Gasteiger partial charge in [0.25, 0.3) is 0 Å². The molecule has 3 nitrogen and oxygen atoms in total. The Kier molecular flexibility index (Phi) is 5.26. The maximum absolute atomic E-state index is 12.2. The molecule has 0 aromatic rings. The van der Waals surface area contributed by atoms with Gasteiger partial charge in [-0.2, -0.15) is 0 Å². The van der Waals surface area contributed by atoms with Crippen LogP contribution in [0.25, 0.3) is 0 Å². The fourth-order valence-electron chi connectivity index (χ4n) is 3.58. The highest BCUT2D eigenvalue weighted by molar-refractivity contribution is 5.78. The van der Waals surface area contributed by atoms with Gasteiger partial charge in [0, 0.05) is 18.5 Å². The molecule has 0 aliphatic heterocycles. The molecule has 1 amide bonds. The van der Waals surface area contributed by atoms with Gasteiger partial charge in [-0.25, -0.2) is 0 Å². The second kappa shape index (κ2) is 6.74. The summed E-state index contributed by atoms with van der Waals surface area (Å²) in [5, 5.41) is 3.19. The van der Waals surface area contributed by atoms with Gasteiger partial charge in [0.2, 0.25) is 5.91 Å². The summed E-state index contributed by atoms with van der Waals surface area (Å²) in [6.45, 7) is 5.40. The van der Waals surface area contributed by atoms with Crippen LogP contribution in [0.2, 0.25) is 0 Å². The van der Waals surface area contributed by atoms with Crippen molar-refractivity contribution in [3.05, 3.63) is 0 Å². The molecule has 2 aliphatic carbocycles. The largest absolute Gasteiger partial charge is 0.356 e. The molecule has 0 heterocycles. The van der Waals surface area contributed by atoms with Gasteiger partial charge in [0.05, 0.1) is 0 Å². The molecule has 0 aromatic carbocycles. The summed E-state index contributed by atoms with van der Waals surface area (Å²) in [5.74, 6) is 2.56. The van der Waals surface area contributed by atoms with E-state index in [-0.39, 0.29) is 11.8 Å². The van der Waals surface area contributed by atoms with Crippen LogP contribution in [0.15, 0.2) is 0 Å². The van der Waals surface area contributed by atoms with Crippen molar-refractivity contribution in [1.82, 2.24) is 5.32 Å². The zero-order valence-electron chi connectivity index (χ0n) is 12.5. The molecule has 2 aliphatic rings. The number of amides is 1. The Bertz CT molecular complexity index is 297. The predicted octanol–water partition coefficient (Wildman–Crippen LogP) is 2.69. The van der Waals surface area contributed by atoms with Crippen molar-refractivity contribution >= 4 is 5.91 Å². The van der Waals surface area contributed by atoms with Crippen molar-refractivity contribution in [2.24, 2.45) is 29.4 Å². The van der Waals surface area contributed by atoms with Crippen LogP contribution in [0, 0.1) is 23.7 Å². The Hall–Kier alpha value is -0.570. The van der Waals surface area contributed by atoms with E-state index in [2.05, 4.69) is 19.2 Å². The summed E-state index contributed by atoms with van der Waals surface area (Å²) in [6.07, 6.45) is 8.17. The maximum Gasteiger partial charge on any atom is 0.223 e. The first-order chi connectivity index (χ1) is 9.06. The third kappa shape index (κ3) is 4.20. The highest BCUT2D eigenvalue weighted by Gasteiger charge is 2.29. The number of nitrogens with one attached hydrogen (secondary N) is 1. The molecule has 0 saturated heterocycles. The molecule has 3 heteroatoms. The van der Waals surface area contributed by atoms with Crippen molar-refractivity contribution in [2.75, 3.05) is 6.54 Å². The lowest BCUT2D eigenvalue weighted by Gasteiger charge is -2.32. The van der Waals surface area contributed by atoms with Crippen molar-refractivity contribution < 1.29 is 4.79 Å². The van der Waals surface area contributed by atoms with Gasteiger partial charge in [-0.1, -0.05) is 26.7 Å². The van der Waals surface area contributed by atoms with E-state index in [4.69, 9.17) is 5.73 Å². The molecule has 2 fully saturated rings. The number of carbonyl (C=O) groups excluding carboxylic acids is 1. The van der Waals surface area contributed by atoms with Gasteiger partial charge < -0.3 is 11.1 Å². The highest BCUT2D eigenvalue weighted by Crippen LogP contribution is 2.29. The summed E-state index contributed by atoms with van der Waals surface area (Å²) in [5.41, 5.74) is 6.01. The molecule has 0 spiro atoms. The topological polar surface area (TPSA) is 55.1 Å². The first-order valence-corrected chi connectivity index (χ1v) is 8.09. The Labute approximate surface area is 117 Å². The SMILES string of the molecule is CC1CCC(CNC(=O)C2CCC(N)C(C)C2)CC1. The van der Waals surface area contributed by atoms with Gasteiger partial charge in [0.15, 0.2) is 0 Å². The molecular formula is C16H30N2O. The lowest BCUT2D eigenvalue weighted by Crippen LogP contribution is -2.41. The second-order valence-corrected chi connectivity index (χ2v) is 7.02. The average Bonchev–Trinajstić information content (AvgIpc) is 2.41. The molecule has 110 valence electrons. The van der Waals surface area contributed by atoms with Crippen LogP contribution in [0.5, 0.6) is 0 Å². The zero-order chi connectivity index (χ0) is 13.8. The summed E-state index contributed by atoms with van der Waals surface area (Å²) in [6, 6.07) is 0.295. The fraction of sp³-hybridized carbons (Fsp3) is 0.938. The van der Waals surface area contributed by atoms with E-state index in [1.807, 2.05) is 0 Å². The number of rotatable bonds is 3. The van der Waals surface area contributed by atoms with Crippen LogP contribution < -0.4 is 11.1 Å². The average molecular weight is 266 g/mol. The van der Waals surface area contributed by atoms with Crippen molar-refractivity contribution in [2.45, 2.75) is 64.8 Å². The lowest BCUT2D eigenvalue weighted by molar-refractivity contribution is -0.126. The molecule has 0 bridgehead atoms. The molecule has 3 N–H and O–H groups in total. The summed E-state index contributed by atoms with van der Waals surface area (Å²) in [7, 11) is 0. The maximum atomic E-state index is 12.2. The van der Waals surface area contributed by atoms with Gasteiger partial charge >= 0.3 is 0 Å². The minimum atomic E-state index is 0.206. The normalized spacial score (nSPS) is 39.8. The third-order valence-corrected chi connectivity index (χ3v) is 5.31. The Balaban J connectivity index is 1.69. The standard InChI is InChI=1S/C16H30N2O/c1-11-3-5-13(6-4-11)10-18-16(19)14-7-8-15(17)12(2)9-14/h11-15H,3-10,17H2,1-2H3,(H,18,19). The van der Waals surface area contributed by atoms with Crippen LogP contribution in [0.3, 0.4) is 0 Å². The summed E-state index contributed by atoms with van der Waals surface area (Å²) < 4.78 is 0. The third-order valence-electron chi connectivity index (χ3n) is 5.31. The molecule has 2 rings (SSSR count). The van der Waals surface area contributed by atoms with E-state index in [0.29, 0.717) is 17.9 Å². The van der Waals surface area contributed by atoms with Crippen LogP contribution >= 0.6 is 0 Å². The molecule has 0 radical (unpaired) electrons. The minimum absolute atomic E-state index is 0.206. The van der Waals surface area contributed by atoms with Crippen molar-refractivity contribution in [3.63, 3.8) is 0 Å². The zero-order valence-corrected chi connectivity index (χ0v) is 12.5. The van der Waals surface area contributed by atoms with Crippen LogP contribution in [-0.2, 0) is 4.79 Å². The van der Waals surface area contributed by atoms with Gasteiger partial charge in [-0.3, -0.25) is 4.79 Å². The quantitative estimate of drug-likeness (QED) is 0.825. The number of hydrogen-bond donors (Lipinski definition) is 2. The smallest absolute Gasteiger partial charge is 0.223 e. The number of hydrogen-bond acceptors (Lipinski definition) is 2. The van der Waals surface area contributed by atoms with E-state index in [1.165, 1.54) is 25.7 Å². The van der Waals surface area contributed by atoms with E-state index < -0.39 is 0 Å². The first kappa shape index (κ1) is 14.8. The second-order valence-electron chi connectivity index (χ2n) is 7.02. The lowest BCUT2D eigenvalue weighted by atomic mass is 9.78. The highest BCUT2D eigenvalue weighted by atomic mass is 16.1. The molecular weight excluding hydrogens is 236 g/mol. The van der Waals surface area contributed by atoms with E-state index in [9.17, 15) is 4.79 Å². The van der Waals surface area contributed by atoms with Crippen molar-refractivity contribution in [1.29, 1.82) is 0 Å². The molecule has 0 aromatic heterocycles. The minimum Gasteiger partial charge on any atom is -0.356 e. The van der Waals surface area contributed by atoms with Gasteiger partial charge in [0.1, 0.15) is 0 Å². The summed E-state index contributed by atoms with van der Waals surface area (Å²) >= 11 is 0. The molecule has 19 heavy (non-hydrogen) atoms. The van der Waals surface area contributed by atoms with E-state index in [0.717, 1.165) is 31.7 Å². The monoisotopic (exact) mass is 266 g/mol. The molecule has 3 atom stereocenters. The van der Waals surface area contributed by atoms with E-state index >= 15 is 0 Å². The first-order valence-electron chi connectivity index (χ1n) is 8.09. The van der Waals surface area contributed by atoms with Crippen LogP contribution in [0.1, 0.15) is 58.8 Å². The number of carbonyl (C=O) groups is 1. The van der Waals surface area contributed by atoms with Gasteiger partial charge in [-0.15, -0.1) is 0 Å². The number of nitrogens with two attached hydrogens (primary N) is 1. The Morgan fingerprint density at radius 1 is 1.11 bits per heavy atom. The Morgan fingerprint density at radius 3 is 2.42 bits per heavy atom. The van der Waals surface area contributed by atoms with Crippen LogP contribution in [0.4, 0.5) is 0 Å². The molecule has 2 saturated carbocycles. The fourth-order valence-corrected chi connectivity index (χ4v) is 3.58. The molecule has 3 unspecified atom stereocenters. The van der Waals surface area contributed by atoms with E-state index in [1.54, 1.807) is 0 Å². The summed E-state index contributed by atoms with van der Waals surface area (Å²) in [4.78, 5) is 12.2. The predicted molar refractivity (Wildman–Crippen MR) is 78.6 cm³/mol.